The first-order chi connectivity index (χ1) is 10.1. The van der Waals surface area contributed by atoms with E-state index in [1.54, 1.807) is 18.9 Å². The lowest BCUT2D eigenvalue weighted by atomic mass is 9.79. The Kier molecular flexibility index (Phi) is 4.36. The van der Waals surface area contributed by atoms with Crippen molar-refractivity contribution in [1.29, 1.82) is 0 Å². The molecule has 1 aromatic rings. The first kappa shape index (κ1) is 15.0. The standard InChI is InChI=1S/C16H21ClN2OS/c1-11-5-7-16(8-6-11)10-21-15(19-16)18-14-9-12(20-2)3-4-13(14)17/h3-4,9,11H,5-8,10H2,1-2H3,(H,18,19). The molecule has 1 spiro atoms. The SMILES string of the molecule is COc1ccc(Cl)c(NC2=NC3(CCC(C)CC3)CS2)c1. The van der Waals surface area contributed by atoms with E-state index in [1.807, 2.05) is 18.2 Å². The van der Waals surface area contributed by atoms with E-state index in [4.69, 9.17) is 21.3 Å². The summed E-state index contributed by atoms with van der Waals surface area (Å²) in [6, 6.07) is 5.63. The van der Waals surface area contributed by atoms with Gasteiger partial charge in [0.25, 0.3) is 0 Å². The second-order valence-corrected chi connectivity index (χ2v) is 7.45. The number of thioether (sulfide) groups is 1. The van der Waals surface area contributed by atoms with Gasteiger partial charge in [-0.1, -0.05) is 30.3 Å². The summed E-state index contributed by atoms with van der Waals surface area (Å²) in [7, 11) is 1.66. The molecule has 1 saturated carbocycles. The lowest BCUT2D eigenvalue weighted by Crippen LogP contribution is -2.32. The number of aliphatic imine (C=N–C) groups is 1. The summed E-state index contributed by atoms with van der Waals surface area (Å²) < 4.78 is 5.25. The van der Waals surface area contributed by atoms with Gasteiger partial charge in [0.05, 0.1) is 23.4 Å². The lowest BCUT2D eigenvalue weighted by molar-refractivity contribution is 0.273. The van der Waals surface area contributed by atoms with Crippen LogP contribution in [0.3, 0.4) is 0 Å². The predicted octanol–water partition coefficient (Wildman–Crippen LogP) is 4.81. The number of nitrogens with one attached hydrogen (secondary N) is 1. The minimum Gasteiger partial charge on any atom is -0.497 e. The van der Waals surface area contributed by atoms with E-state index in [1.165, 1.54) is 25.7 Å². The minimum atomic E-state index is 0.158. The number of ether oxygens (including phenoxy) is 1. The Morgan fingerprint density at radius 3 is 2.86 bits per heavy atom. The third-order valence-corrected chi connectivity index (χ3v) is 5.91. The van der Waals surface area contributed by atoms with Crippen molar-refractivity contribution in [3.8, 4) is 5.75 Å². The molecule has 21 heavy (non-hydrogen) atoms. The molecule has 0 saturated heterocycles. The Morgan fingerprint density at radius 2 is 2.14 bits per heavy atom. The number of hydrogen-bond donors (Lipinski definition) is 1. The van der Waals surface area contributed by atoms with Gasteiger partial charge in [-0.2, -0.15) is 0 Å². The monoisotopic (exact) mass is 324 g/mol. The molecule has 1 heterocycles. The van der Waals surface area contributed by atoms with Crippen molar-refractivity contribution in [3.05, 3.63) is 23.2 Å². The average molecular weight is 325 g/mol. The number of methoxy groups -OCH3 is 1. The second kappa shape index (κ2) is 6.09. The summed E-state index contributed by atoms with van der Waals surface area (Å²) in [5, 5.41) is 5.05. The number of amidine groups is 1. The number of benzene rings is 1. The molecule has 1 fully saturated rings. The molecule has 1 aromatic carbocycles. The molecule has 5 heteroatoms. The van der Waals surface area contributed by atoms with Gasteiger partial charge in [-0.15, -0.1) is 0 Å². The normalized spacial score (nSPS) is 28.5. The number of hydrogen-bond acceptors (Lipinski definition) is 4. The zero-order valence-electron chi connectivity index (χ0n) is 12.5. The highest BCUT2D eigenvalue weighted by atomic mass is 35.5. The molecule has 1 N–H and O–H groups in total. The maximum Gasteiger partial charge on any atom is 0.161 e. The maximum atomic E-state index is 6.25. The molecule has 114 valence electrons. The summed E-state index contributed by atoms with van der Waals surface area (Å²) in [5.41, 5.74) is 1.02. The van der Waals surface area contributed by atoms with E-state index < -0.39 is 0 Å². The summed E-state index contributed by atoms with van der Waals surface area (Å²) in [4.78, 5) is 4.97. The van der Waals surface area contributed by atoms with Crippen molar-refractivity contribution in [2.75, 3.05) is 18.2 Å². The van der Waals surface area contributed by atoms with Gasteiger partial charge in [0, 0.05) is 11.8 Å². The minimum absolute atomic E-state index is 0.158. The van der Waals surface area contributed by atoms with Crippen LogP contribution in [0.4, 0.5) is 5.69 Å². The van der Waals surface area contributed by atoms with Gasteiger partial charge >= 0.3 is 0 Å². The second-order valence-electron chi connectivity index (χ2n) is 6.08. The van der Waals surface area contributed by atoms with Crippen molar-refractivity contribution < 1.29 is 4.74 Å². The van der Waals surface area contributed by atoms with Crippen LogP contribution in [0.15, 0.2) is 23.2 Å². The van der Waals surface area contributed by atoms with Gasteiger partial charge in [-0.3, -0.25) is 4.99 Å². The molecule has 3 rings (SSSR count). The molecule has 0 bridgehead atoms. The van der Waals surface area contributed by atoms with Crippen molar-refractivity contribution in [2.45, 2.75) is 38.1 Å². The van der Waals surface area contributed by atoms with Crippen LogP contribution in [0.1, 0.15) is 32.6 Å². The van der Waals surface area contributed by atoms with Crippen LogP contribution in [-0.2, 0) is 0 Å². The van der Waals surface area contributed by atoms with Crippen LogP contribution < -0.4 is 10.1 Å². The van der Waals surface area contributed by atoms with Crippen molar-refractivity contribution in [2.24, 2.45) is 10.9 Å². The van der Waals surface area contributed by atoms with Crippen LogP contribution in [0.2, 0.25) is 5.02 Å². The summed E-state index contributed by atoms with van der Waals surface area (Å²) in [6.45, 7) is 2.34. The molecule has 1 aliphatic heterocycles. The van der Waals surface area contributed by atoms with Gasteiger partial charge in [-0.25, -0.2) is 0 Å². The Bertz CT molecular complexity index is 553. The van der Waals surface area contributed by atoms with Crippen molar-refractivity contribution in [1.82, 2.24) is 0 Å². The third kappa shape index (κ3) is 3.32. The maximum absolute atomic E-state index is 6.25. The fourth-order valence-corrected chi connectivity index (χ4v) is 4.31. The summed E-state index contributed by atoms with van der Waals surface area (Å²) >= 11 is 8.05. The smallest absolute Gasteiger partial charge is 0.161 e. The molecule has 0 unspecified atom stereocenters. The predicted molar refractivity (Wildman–Crippen MR) is 91.9 cm³/mol. The number of rotatable bonds is 2. The van der Waals surface area contributed by atoms with Crippen molar-refractivity contribution in [3.63, 3.8) is 0 Å². The Morgan fingerprint density at radius 1 is 1.38 bits per heavy atom. The highest BCUT2D eigenvalue weighted by Crippen LogP contribution is 2.42. The molecular formula is C16H21ClN2OS. The molecule has 0 radical (unpaired) electrons. The fourth-order valence-electron chi connectivity index (χ4n) is 2.94. The molecule has 3 nitrogen and oxygen atoms in total. The largest absolute Gasteiger partial charge is 0.497 e. The lowest BCUT2D eigenvalue weighted by Gasteiger charge is -2.32. The van der Waals surface area contributed by atoms with Crippen LogP contribution in [0, 0.1) is 5.92 Å². The van der Waals surface area contributed by atoms with Gasteiger partial charge < -0.3 is 10.1 Å². The number of halogens is 1. The van der Waals surface area contributed by atoms with E-state index in [0.29, 0.717) is 5.02 Å². The molecule has 1 aliphatic carbocycles. The molecule has 0 atom stereocenters. The third-order valence-electron chi connectivity index (χ3n) is 4.44. The summed E-state index contributed by atoms with van der Waals surface area (Å²) in [6.07, 6.45) is 4.99. The van der Waals surface area contributed by atoms with Gasteiger partial charge in [-0.05, 0) is 43.7 Å². The Balaban J connectivity index is 1.74. The van der Waals surface area contributed by atoms with Crippen LogP contribution >= 0.6 is 23.4 Å². The van der Waals surface area contributed by atoms with Gasteiger partial charge in [0.15, 0.2) is 5.17 Å². The van der Waals surface area contributed by atoms with Crippen LogP contribution in [0.25, 0.3) is 0 Å². The highest BCUT2D eigenvalue weighted by molar-refractivity contribution is 8.14. The zero-order chi connectivity index (χ0) is 14.9. The van der Waals surface area contributed by atoms with E-state index >= 15 is 0 Å². The van der Waals surface area contributed by atoms with E-state index in [0.717, 1.165) is 28.3 Å². The number of anilines is 1. The quantitative estimate of drug-likeness (QED) is 0.847. The Labute approximate surface area is 135 Å². The van der Waals surface area contributed by atoms with Crippen LogP contribution in [0.5, 0.6) is 5.75 Å². The molecule has 0 amide bonds. The van der Waals surface area contributed by atoms with Gasteiger partial charge in [0.2, 0.25) is 0 Å². The van der Waals surface area contributed by atoms with Gasteiger partial charge in [0.1, 0.15) is 5.75 Å². The van der Waals surface area contributed by atoms with E-state index in [-0.39, 0.29) is 5.54 Å². The first-order valence-electron chi connectivity index (χ1n) is 7.43. The average Bonchev–Trinajstić information content (AvgIpc) is 2.88. The van der Waals surface area contributed by atoms with E-state index in [2.05, 4.69) is 12.2 Å². The Hall–Kier alpha value is -0.870. The van der Waals surface area contributed by atoms with Crippen LogP contribution in [-0.4, -0.2) is 23.6 Å². The number of nitrogens with zero attached hydrogens (tertiary/aromatic N) is 1. The molecule has 2 aliphatic rings. The van der Waals surface area contributed by atoms with E-state index in [9.17, 15) is 0 Å². The van der Waals surface area contributed by atoms with Crippen molar-refractivity contribution >= 4 is 34.2 Å². The highest BCUT2D eigenvalue weighted by Gasteiger charge is 2.38. The summed E-state index contributed by atoms with van der Waals surface area (Å²) in [5.74, 6) is 2.73. The molecule has 0 aromatic heterocycles. The molecular weight excluding hydrogens is 304 g/mol. The zero-order valence-corrected chi connectivity index (χ0v) is 14.1. The topological polar surface area (TPSA) is 33.6 Å². The first-order valence-corrected chi connectivity index (χ1v) is 8.80. The fraction of sp³-hybridized carbons (Fsp3) is 0.562.